The predicted molar refractivity (Wildman–Crippen MR) is 154 cm³/mol. The summed E-state index contributed by atoms with van der Waals surface area (Å²) in [6.45, 7) is 8.85. The zero-order valence-corrected chi connectivity index (χ0v) is 22.9. The number of likely N-dealkylation sites (N-methyl/N-ethyl adjacent to an activating group) is 1. The largest absolute Gasteiger partial charge is 0.369 e. The van der Waals surface area contributed by atoms with Gasteiger partial charge in [-0.2, -0.15) is 0 Å². The minimum atomic E-state index is -0.700. The molecule has 2 fully saturated rings. The molecule has 8 heteroatoms. The van der Waals surface area contributed by atoms with Crippen molar-refractivity contribution in [1.82, 2.24) is 9.80 Å². The summed E-state index contributed by atoms with van der Waals surface area (Å²) in [5, 5.41) is 2.79. The SMILES string of the molecule is CCN1CCN(c2ccc(C(=O)N3CCC(c4ccc(NC(=O)Cc5cc(F)cc(F)c5)cc4)CC3)cc2)CC1. The molecule has 2 aliphatic heterocycles. The predicted octanol–water partition coefficient (Wildman–Crippen LogP) is 5.31. The summed E-state index contributed by atoms with van der Waals surface area (Å²) in [5.41, 5.74) is 4.00. The molecule has 0 atom stereocenters. The Labute approximate surface area is 234 Å². The van der Waals surface area contributed by atoms with Crippen LogP contribution in [-0.4, -0.2) is 67.4 Å². The van der Waals surface area contributed by atoms with Gasteiger partial charge >= 0.3 is 0 Å². The summed E-state index contributed by atoms with van der Waals surface area (Å²) < 4.78 is 26.8. The lowest BCUT2D eigenvalue weighted by Crippen LogP contribution is -2.46. The van der Waals surface area contributed by atoms with Crippen molar-refractivity contribution in [2.45, 2.75) is 32.1 Å². The summed E-state index contributed by atoms with van der Waals surface area (Å²) in [5.74, 6) is -1.31. The standard InChI is InChI=1S/C32H36F2N4O2/c1-2-36-15-17-37(18-16-36)30-9-5-26(6-10-30)32(40)38-13-11-25(12-14-38)24-3-7-29(8-4-24)35-31(39)21-23-19-27(33)22-28(34)20-23/h3-10,19-20,22,25H,2,11-18,21H2,1H3,(H,35,39). The van der Waals surface area contributed by atoms with Crippen molar-refractivity contribution in [3.8, 4) is 0 Å². The summed E-state index contributed by atoms with van der Waals surface area (Å²) in [7, 11) is 0. The van der Waals surface area contributed by atoms with Gasteiger partial charge in [0.2, 0.25) is 5.91 Å². The van der Waals surface area contributed by atoms with E-state index >= 15 is 0 Å². The van der Waals surface area contributed by atoms with Crippen molar-refractivity contribution in [2.75, 3.05) is 56.0 Å². The molecule has 1 N–H and O–H groups in total. The van der Waals surface area contributed by atoms with Gasteiger partial charge in [-0.05, 0) is 85.0 Å². The van der Waals surface area contributed by atoms with Crippen LogP contribution in [0.3, 0.4) is 0 Å². The zero-order chi connectivity index (χ0) is 28.1. The molecule has 0 spiro atoms. The molecule has 0 bridgehead atoms. The lowest BCUT2D eigenvalue weighted by Gasteiger charge is -2.35. The van der Waals surface area contributed by atoms with E-state index in [1.54, 1.807) is 0 Å². The molecule has 5 rings (SSSR count). The van der Waals surface area contributed by atoms with E-state index in [9.17, 15) is 18.4 Å². The number of hydrogen-bond acceptors (Lipinski definition) is 4. The van der Waals surface area contributed by atoms with E-state index in [-0.39, 0.29) is 23.8 Å². The van der Waals surface area contributed by atoms with Crippen LogP contribution >= 0.6 is 0 Å². The number of nitrogens with one attached hydrogen (secondary N) is 1. The molecule has 210 valence electrons. The van der Waals surface area contributed by atoms with E-state index in [0.29, 0.717) is 24.7 Å². The van der Waals surface area contributed by atoms with E-state index in [1.807, 2.05) is 41.3 Å². The second kappa shape index (κ2) is 12.6. The van der Waals surface area contributed by atoms with Crippen molar-refractivity contribution in [1.29, 1.82) is 0 Å². The Morgan fingerprint density at radius 2 is 1.45 bits per heavy atom. The lowest BCUT2D eigenvalue weighted by atomic mass is 9.89. The van der Waals surface area contributed by atoms with Gasteiger partial charge in [-0.15, -0.1) is 0 Å². The van der Waals surface area contributed by atoms with Crippen LogP contribution in [0.2, 0.25) is 0 Å². The van der Waals surface area contributed by atoms with Crippen LogP contribution in [0.25, 0.3) is 0 Å². The van der Waals surface area contributed by atoms with Gasteiger partial charge in [0.25, 0.3) is 5.91 Å². The monoisotopic (exact) mass is 546 g/mol. The second-order valence-electron chi connectivity index (χ2n) is 10.7. The van der Waals surface area contributed by atoms with Gasteiger partial charge in [0, 0.05) is 62.3 Å². The molecule has 2 saturated heterocycles. The Morgan fingerprint density at radius 3 is 2.05 bits per heavy atom. The van der Waals surface area contributed by atoms with Crippen LogP contribution < -0.4 is 10.2 Å². The van der Waals surface area contributed by atoms with Crippen LogP contribution in [0.15, 0.2) is 66.7 Å². The molecule has 40 heavy (non-hydrogen) atoms. The Bertz CT molecular complexity index is 1290. The highest BCUT2D eigenvalue weighted by Crippen LogP contribution is 2.30. The van der Waals surface area contributed by atoms with Gasteiger partial charge < -0.3 is 20.0 Å². The molecule has 6 nitrogen and oxygen atoms in total. The Balaban J connectivity index is 1.10. The number of carbonyl (C=O) groups is 2. The Hall–Kier alpha value is -3.78. The summed E-state index contributed by atoms with van der Waals surface area (Å²) in [6, 6.07) is 18.8. The Kier molecular flexibility index (Phi) is 8.75. The molecule has 0 saturated carbocycles. The number of piperazine rings is 1. The van der Waals surface area contributed by atoms with Crippen molar-refractivity contribution in [2.24, 2.45) is 0 Å². The van der Waals surface area contributed by atoms with Crippen LogP contribution in [0.1, 0.15) is 47.2 Å². The summed E-state index contributed by atoms with van der Waals surface area (Å²) in [6.07, 6.45) is 1.65. The van der Waals surface area contributed by atoms with Crippen molar-refractivity contribution in [3.63, 3.8) is 0 Å². The fraction of sp³-hybridized carbons (Fsp3) is 0.375. The molecule has 2 amide bonds. The zero-order valence-electron chi connectivity index (χ0n) is 22.9. The first kappa shape index (κ1) is 27.8. The molecule has 0 radical (unpaired) electrons. The first-order valence-electron chi connectivity index (χ1n) is 14.1. The lowest BCUT2D eigenvalue weighted by molar-refractivity contribution is -0.115. The maximum Gasteiger partial charge on any atom is 0.253 e. The molecule has 2 heterocycles. The summed E-state index contributed by atoms with van der Waals surface area (Å²) in [4.78, 5) is 32.3. The maximum absolute atomic E-state index is 13.4. The quantitative estimate of drug-likeness (QED) is 0.437. The average molecular weight is 547 g/mol. The highest BCUT2D eigenvalue weighted by atomic mass is 19.1. The highest BCUT2D eigenvalue weighted by Gasteiger charge is 2.25. The molecular formula is C32H36F2N4O2. The molecule has 2 aliphatic rings. The Morgan fingerprint density at radius 1 is 0.825 bits per heavy atom. The number of piperidine rings is 1. The van der Waals surface area contributed by atoms with E-state index in [0.717, 1.165) is 69.3 Å². The fourth-order valence-corrected chi connectivity index (χ4v) is 5.68. The number of rotatable bonds is 7. The first-order valence-corrected chi connectivity index (χ1v) is 14.1. The van der Waals surface area contributed by atoms with E-state index < -0.39 is 11.6 Å². The number of amides is 2. The smallest absolute Gasteiger partial charge is 0.253 e. The maximum atomic E-state index is 13.4. The van der Waals surface area contributed by atoms with Gasteiger partial charge in [-0.1, -0.05) is 19.1 Å². The highest BCUT2D eigenvalue weighted by molar-refractivity contribution is 5.94. The number of benzene rings is 3. The third kappa shape index (κ3) is 6.86. The second-order valence-corrected chi connectivity index (χ2v) is 10.7. The molecular weight excluding hydrogens is 510 g/mol. The minimum absolute atomic E-state index is 0.0806. The van der Waals surface area contributed by atoms with E-state index in [2.05, 4.69) is 34.2 Å². The number of halogens is 2. The van der Waals surface area contributed by atoms with Gasteiger partial charge in [0.1, 0.15) is 11.6 Å². The normalized spacial score (nSPS) is 16.7. The third-order valence-electron chi connectivity index (χ3n) is 8.03. The number of nitrogens with zero attached hydrogens (tertiary/aromatic N) is 3. The average Bonchev–Trinajstić information content (AvgIpc) is 2.97. The van der Waals surface area contributed by atoms with E-state index in [4.69, 9.17) is 0 Å². The topological polar surface area (TPSA) is 55.9 Å². The molecule has 0 aromatic heterocycles. The number of anilines is 2. The number of hydrogen-bond donors (Lipinski definition) is 1. The minimum Gasteiger partial charge on any atom is -0.369 e. The molecule has 0 aliphatic carbocycles. The fourth-order valence-electron chi connectivity index (χ4n) is 5.68. The van der Waals surface area contributed by atoms with Gasteiger partial charge in [0.15, 0.2) is 0 Å². The summed E-state index contributed by atoms with van der Waals surface area (Å²) >= 11 is 0. The van der Waals surface area contributed by atoms with Gasteiger partial charge in [0.05, 0.1) is 6.42 Å². The van der Waals surface area contributed by atoms with Crippen molar-refractivity contribution >= 4 is 23.2 Å². The number of likely N-dealkylation sites (tertiary alicyclic amines) is 1. The van der Waals surface area contributed by atoms with Crippen molar-refractivity contribution < 1.29 is 18.4 Å². The number of carbonyl (C=O) groups excluding carboxylic acids is 2. The van der Waals surface area contributed by atoms with Crippen LogP contribution in [-0.2, 0) is 11.2 Å². The van der Waals surface area contributed by atoms with Crippen molar-refractivity contribution in [3.05, 3.63) is 95.1 Å². The van der Waals surface area contributed by atoms with E-state index in [1.165, 1.54) is 11.3 Å². The molecule has 3 aromatic carbocycles. The molecule has 0 unspecified atom stereocenters. The van der Waals surface area contributed by atoms with Crippen LogP contribution in [0.4, 0.5) is 20.2 Å². The van der Waals surface area contributed by atoms with Gasteiger partial charge in [-0.25, -0.2) is 8.78 Å². The molecule has 3 aromatic rings. The van der Waals surface area contributed by atoms with Gasteiger partial charge in [-0.3, -0.25) is 9.59 Å². The van der Waals surface area contributed by atoms with Crippen LogP contribution in [0.5, 0.6) is 0 Å². The van der Waals surface area contributed by atoms with Crippen LogP contribution in [0, 0.1) is 11.6 Å². The third-order valence-corrected chi connectivity index (χ3v) is 8.03. The first-order chi connectivity index (χ1) is 19.4.